The van der Waals surface area contributed by atoms with E-state index in [-0.39, 0.29) is 23.9 Å². The number of ether oxygens (including phenoxy) is 1. The van der Waals surface area contributed by atoms with E-state index in [1.807, 2.05) is 12.1 Å². The van der Waals surface area contributed by atoms with Gasteiger partial charge in [0.2, 0.25) is 0 Å². The Hall–Kier alpha value is -1.14. The minimum absolute atomic E-state index is 0. The van der Waals surface area contributed by atoms with E-state index in [1.54, 1.807) is 18.4 Å². The van der Waals surface area contributed by atoms with Crippen molar-refractivity contribution < 1.29 is 9.53 Å². The first-order chi connectivity index (χ1) is 12.2. The zero-order valence-corrected chi connectivity index (χ0v) is 16.6. The average Bonchev–Trinajstić information content (AvgIpc) is 3.28. The van der Waals surface area contributed by atoms with Crippen LogP contribution in [0.15, 0.2) is 24.3 Å². The molecule has 1 atom stereocenters. The van der Waals surface area contributed by atoms with Gasteiger partial charge in [0.1, 0.15) is 0 Å². The topological polar surface area (TPSA) is 41.6 Å². The third-order valence-electron chi connectivity index (χ3n) is 6.42. The summed E-state index contributed by atoms with van der Waals surface area (Å²) in [5, 5.41) is 4.57. The molecule has 1 amide bonds. The van der Waals surface area contributed by atoms with Crippen LogP contribution < -0.4 is 5.32 Å². The monoisotopic (exact) mass is 392 g/mol. The normalized spacial score (nSPS) is 28.1. The van der Waals surface area contributed by atoms with Crippen LogP contribution in [0.1, 0.15) is 40.9 Å². The van der Waals surface area contributed by atoms with Crippen molar-refractivity contribution in [2.45, 2.75) is 43.9 Å². The quantitative estimate of drug-likeness (QED) is 0.859. The Bertz CT molecular complexity index is 824. The molecule has 1 saturated carbocycles. The molecule has 1 spiro atoms. The second kappa shape index (κ2) is 6.79. The molecule has 1 N–H and O–H groups in total. The summed E-state index contributed by atoms with van der Waals surface area (Å²) in [6.45, 7) is 3.03. The molecule has 4 heterocycles. The van der Waals surface area contributed by atoms with Gasteiger partial charge in [0.15, 0.2) is 0 Å². The molecule has 1 aromatic carbocycles. The number of halogens is 1. The summed E-state index contributed by atoms with van der Waals surface area (Å²) in [6.07, 6.45) is 4.96. The molecular formula is C20H25ClN2O2S. The first-order valence-electron chi connectivity index (χ1n) is 9.27. The number of rotatable bonds is 4. The van der Waals surface area contributed by atoms with Crippen LogP contribution in [0.2, 0.25) is 0 Å². The zero-order valence-electron chi connectivity index (χ0n) is 15.0. The molecule has 0 radical (unpaired) electrons. The van der Waals surface area contributed by atoms with E-state index in [0.29, 0.717) is 18.6 Å². The number of benzene rings is 1. The highest BCUT2D eigenvalue weighted by Crippen LogP contribution is 2.53. The Morgan fingerprint density at radius 2 is 2.12 bits per heavy atom. The Balaban J connectivity index is 0.00000168. The zero-order chi connectivity index (χ0) is 17.0. The highest BCUT2D eigenvalue weighted by Gasteiger charge is 2.60. The fourth-order valence-electron chi connectivity index (χ4n) is 5.04. The molecule has 2 aromatic rings. The van der Waals surface area contributed by atoms with Crippen LogP contribution in [0.3, 0.4) is 0 Å². The smallest absolute Gasteiger partial charge is 0.261 e. The van der Waals surface area contributed by atoms with Crippen LogP contribution in [0.25, 0.3) is 10.1 Å². The summed E-state index contributed by atoms with van der Waals surface area (Å²) in [4.78, 5) is 16.5. The van der Waals surface area contributed by atoms with Gasteiger partial charge in [-0.05, 0) is 61.7 Å². The van der Waals surface area contributed by atoms with Crippen molar-refractivity contribution in [1.82, 2.24) is 10.2 Å². The third-order valence-corrected chi connectivity index (χ3v) is 7.64. The number of thiophene rings is 1. The van der Waals surface area contributed by atoms with Crippen molar-refractivity contribution in [3.8, 4) is 0 Å². The van der Waals surface area contributed by atoms with Crippen LogP contribution in [0.5, 0.6) is 0 Å². The predicted molar refractivity (Wildman–Crippen MR) is 107 cm³/mol. The van der Waals surface area contributed by atoms with Gasteiger partial charge in [-0.3, -0.25) is 9.69 Å². The van der Waals surface area contributed by atoms with Gasteiger partial charge in [-0.2, -0.15) is 0 Å². The fourth-order valence-corrected chi connectivity index (χ4v) is 6.10. The summed E-state index contributed by atoms with van der Waals surface area (Å²) in [7, 11) is 1.71. The summed E-state index contributed by atoms with van der Waals surface area (Å²) in [6, 6.07) is 8.58. The second-order valence-electron chi connectivity index (χ2n) is 7.76. The van der Waals surface area contributed by atoms with Crippen LogP contribution in [-0.2, 0) is 11.3 Å². The Kier molecular flexibility index (Phi) is 4.76. The molecule has 4 nitrogen and oxygen atoms in total. The Morgan fingerprint density at radius 1 is 1.35 bits per heavy atom. The number of nitrogens with one attached hydrogen (secondary N) is 1. The van der Waals surface area contributed by atoms with Gasteiger partial charge >= 0.3 is 0 Å². The summed E-state index contributed by atoms with van der Waals surface area (Å²) < 4.78 is 6.47. The molecule has 0 unspecified atom stereocenters. The van der Waals surface area contributed by atoms with Crippen molar-refractivity contribution in [3.05, 3.63) is 34.7 Å². The largest absolute Gasteiger partial charge is 0.380 e. The number of piperidine rings is 3. The van der Waals surface area contributed by atoms with E-state index >= 15 is 0 Å². The number of fused-ring (bicyclic) bond motifs is 3. The van der Waals surface area contributed by atoms with E-state index in [9.17, 15) is 4.79 Å². The lowest BCUT2D eigenvalue weighted by atomic mass is 9.77. The second-order valence-corrected chi connectivity index (χ2v) is 8.81. The average molecular weight is 393 g/mol. The maximum Gasteiger partial charge on any atom is 0.261 e. The van der Waals surface area contributed by atoms with Crippen LogP contribution >= 0.6 is 23.7 Å². The summed E-state index contributed by atoms with van der Waals surface area (Å²) >= 11 is 1.60. The minimum atomic E-state index is 0. The first-order valence-corrected chi connectivity index (χ1v) is 10.1. The highest BCUT2D eigenvalue weighted by atomic mass is 35.5. The predicted octanol–water partition coefficient (Wildman–Crippen LogP) is 3.83. The minimum Gasteiger partial charge on any atom is -0.380 e. The number of hydrogen-bond acceptors (Lipinski definition) is 4. The third kappa shape index (κ3) is 2.76. The molecule has 6 heteroatoms. The molecule has 2 bridgehead atoms. The molecule has 4 aliphatic rings. The molecule has 1 aliphatic carbocycles. The van der Waals surface area contributed by atoms with Crippen molar-refractivity contribution in [2.24, 2.45) is 5.92 Å². The van der Waals surface area contributed by atoms with Crippen molar-refractivity contribution >= 4 is 39.7 Å². The number of carbonyl (C=O) groups is 1. The van der Waals surface area contributed by atoms with E-state index in [2.05, 4.69) is 22.3 Å². The highest BCUT2D eigenvalue weighted by molar-refractivity contribution is 7.21. The van der Waals surface area contributed by atoms with Crippen LogP contribution in [0.4, 0.5) is 0 Å². The number of methoxy groups -OCH3 is 1. The van der Waals surface area contributed by atoms with Crippen LogP contribution in [-0.4, -0.2) is 42.6 Å². The van der Waals surface area contributed by atoms with Crippen LogP contribution in [0, 0.1) is 5.92 Å². The molecule has 140 valence electrons. The SMILES string of the molecule is COCc1cccc2cc(C(=O)N[C@@H]3C4CCN(CC4)C34CC4)sc12.Cl. The van der Waals surface area contributed by atoms with Gasteiger partial charge in [-0.25, -0.2) is 0 Å². The van der Waals surface area contributed by atoms with Gasteiger partial charge in [-0.15, -0.1) is 23.7 Å². The maximum atomic E-state index is 13.0. The Labute approximate surface area is 164 Å². The molecule has 1 aromatic heterocycles. The molecule has 3 saturated heterocycles. The van der Waals surface area contributed by atoms with Gasteiger partial charge in [-0.1, -0.05) is 18.2 Å². The number of carbonyl (C=O) groups excluding carboxylic acids is 1. The standard InChI is InChI=1S/C20H24N2O2S.ClH/c1-24-12-15-4-2-3-14-11-16(25-17(14)15)19(23)21-18-13-5-9-22(10-6-13)20(18)7-8-20;/h2-4,11,13,18H,5-10,12H2,1H3,(H,21,23);1H/t18-;/m1./s1. The molecule has 3 aliphatic heterocycles. The molecule has 4 fully saturated rings. The van der Waals surface area contributed by atoms with E-state index in [1.165, 1.54) is 43.5 Å². The van der Waals surface area contributed by atoms with Gasteiger partial charge < -0.3 is 10.1 Å². The van der Waals surface area contributed by atoms with Gasteiger partial charge in [0.05, 0.1) is 17.5 Å². The lowest BCUT2D eigenvalue weighted by molar-refractivity contribution is -0.00138. The van der Waals surface area contributed by atoms with E-state index < -0.39 is 0 Å². The van der Waals surface area contributed by atoms with Crippen molar-refractivity contribution in [1.29, 1.82) is 0 Å². The summed E-state index contributed by atoms with van der Waals surface area (Å²) in [5.41, 5.74) is 1.44. The fraction of sp³-hybridized carbons (Fsp3) is 0.550. The molecule has 6 rings (SSSR count). The lowest BCUT2D eigenvalue weighted by Gasteiger charge is -2.52. The van der Waals surface area contributed by atoms with Crippen molar-refractivity contribution in [2.75, 3.05) is 20.2 Å². The van der Waals surface area contributed by atoms with E-state index in [4.69, 9.17) is 4.74 Å². The van der Waals surface area contributed by atoms with Gasteiger partial charge in [0.25, 0.3) is 5.91 Å². The number of hydrogen-bond donors (Lipinski definition) is 1. The lowest BCUT2D eigenvalue weighted by Crippen LogP contribution is -2.65. The van der Waals surface area contributed by atoms with Crippen molar-refractivity contribution in [3.63, 3.8) is 0 Å². The first kappa shape index (κ1) is 18.2. The molecule has 26 heavy (non-hydrogen) atoms. The number of nitrogens with zero attached hydrogens (tertiary/aromatic N) is 1. The van der Waals surface area contributed by atoms with Gasteiger partial charge in [0, 0.05) is 17.3 Å². The van der Waals surface area contributed by atoms with E-state index in [0.717, 1.165) is 15.8 Å². The molecular weight excluding hydrogens is 368 g/mol. The maximum absolute atomic E-state index is 13.0. The number of amides is 1. The summed E-state index contributed by atoms with van der Waals surface area (Å²) in [5.74, 6) is 0.768. The Morgan fingerprint density at radius 3 is 2.81 bits per heavy atom.